The van der Waals surface area contributed by atoms with Gasteiger partial charge in [-0.05, 0) is 72.3 Å². The van der Waals surface area contributed by atoms with E-state index in [-0.39, 0.29) is 5.91 Å². The molecule has 0 radical (unpaired) electrons. The SMILES string of the molecule is Cc1cc(C(=O)NCCCN2CC(C)CC(C)C2)ccc1-n1cnnn1. The van der Waals surface area contributed by atoms with E-state index in [1.165, 1.54) is 19.5 Å². The van der Waals surface area contributed by atoms with Crippen molar-refractivity contribution >= 4 is 5.91 Å². The third-order valence-corrected chi connectivity index (χ3v) is 4.94. The van der Waals surface area contributed by atoms with Crippen LogP contribution in [0.4, 0.5) is 0 Å². The third kappa shape index (κ3) is 4.66. The molecule has 0 saturated carbocycles. The van der Waals surface area contributed by atoms with Crippen LogP contribution in [0.2, 0.25) is 0 Å². The summed E-state index contributed by atoms with van der Waals surface area (Å²) in [6.07, 6.45) is 3.85. The van der Waals surface area contributed by atoms with Gasteiger partial charge >= 0.3 is 0 Å². The van der Waals surface area contributed by atoms with Gasteiger partial charge in [-0.1, -0.05) is 13.8 Å². The second-order valence-electron chi connectivity index (χ2n) is 7.57. The van der Waals surface area contributed by atoms with Gasteiger partial charge in [-0.25, -0.2) is 4.68 Å². The average Bonchev–Trinajstić information content (AvgIpc) is 3.12. The molecule has 2 atom stereocenters. The molecule has 1 aromatic heterocycles. The molecule has 1 amide bonds. The van der Waals surface area contributed by atoms with Gasteiger partial charge in [-0.2, -0.15) is 0 Å². The fourth-order valence-electron chi connectivity index (χ4n) is 3.91. The predicted molar refractivity (Wildman–Crippen MR) is 100 cm³/mol. The van der Waals surface area contributed by atoms with Crippen LogP contribution in [0.1, 0.15) is 42.6 Å². The number of nitrogens with one attached hydrogen (secondary N) is 1. The van der Waals surface area contributed by atoms with E-state index in [1.807, 2.05) is 25.1 Å². The summed E-state index contributed by atoms with van der Waals surface area (Å²) in [5.74, 6) is 1.52. The van der Waals surface area contributed by atoms with Crippen molar-refractivity contribution in [1.82, 2.24) is 30.4 Å². The standard InChI is InChI=1S/C19H28N6O/c1-14-9-15(2)12-24(11-14)8-4-7-20-19(26)17-5-6-18(16(3)10-17)25-13-21-22-23-25/h5-6,10,13-15H,4,7-9,11-12H2,1-3H3,(H,20,26). The number of carbonyl (C=O) groups is 1. The Balaban J connectivity index is 1.47. The minimum Gasteiger partial charge on any atom is -0.352 e. The van der Waals surface area contributed by atoms with Gasteiger partial charge in [0.1, 0.15) is 6.33 Å². The van der Waals surface area contributed by atoms with Crippen LogP contribution in [0.15, 0.2) is 24.5 Å². The zero-order valence-electron chi connectivity index (χ0n) is 15.9. The molecule has 1 aliphatic heterocycles. The Morgan fingerprint density at radius 3 is 2.69 bits per heavy atom. The highest BCUT2D eigenvalue weighted by atomic mass is 16.1. The molecule has 2 unspecified atom stereocenters. The van der Waals surface area contributed by atoms with Gasteiger partial charge in [0.05, 0.1) is 5.69 Å². The van der Waals surface area contributed by atoms with Crippen molar-refractivity contribution in [2.45, 2.75) is 33.6 Å². The monoisotopic (exact) mass is 356 g/mol. The van der Waals surface area contributed by atoms with Crippen LogP contribution in [0.3, 0.4) is 0 Å². The summed E-state index contributed by atoms with van der Waals surface area (Å²) in [4.78, 5) is 14.9. The van der Waals surface area contributed by atoms with Gasteiger partial charge in [0.15, 0.2) is 0 Å². The van der Waals surface area contributed by atoms with E-state index in [0.29, 0.717) is 12.1 Å². The quantitative estimate of drug-likeness (QED) is 0.802. The zero-order valence-corrected chi connectivity index (χ0v) is 15.9. The fourth-order valence-corrected chi connectivity index (χ4v) is 3.91. The molecule has 140 valence electrons. The number of carbonyl (C=O) groups excluding carboxylic acids is 1. The van der Waals surface area contributed by atoms with Gasteiger partial charge in [-0.3, -0.25) is 4.79 Å². The van der Waals surface area contributed by atoms with E-state index in [1.54, 1.807) is 11.0 Å². The Kier molecular flexibility index (Phi) is 5.98. The third-order valence-electron chi connectivity index (χ3n) is 4.94. The van der Waals surface area contributed by atoms with Gasteiger partial charge in [-0.15, -0.1) is 5.10 Å². The Labute approximate surface area is 154 Å². The number of aromatic nitrogens is 4. The number of hydrogen-bond donors (Lipinski definition) is 1. The van der Waals surface area contributed by atoms with E-state index in [4.69, 9.17) is 0 Å². The van der Waals surface area contributed by atoms with Crippen LogP contribution in [0.25, 0.3) is 5.69 Å². The lowest BCUT2D eigenvalue weighted by Crippen LogP contribution is -2.40. The van der Waals surface area contributed by atoms with E-state index in [0.717, 1.165) is 36.1 Å². The van der Waals surface area contributed by atoms with Crippen molar-refractivity contribution in [2.75, 3.05) is 26.2 Å². The second-order valence-corrected chi connectivity index (χ2v) is 7.57. The van der Waals surface area contributed by atoms with Gasteiger partial charge < -0.3 is 10.2 Å². The molecule has 1 aliphatic rings. The molecule has 3 rings (SSSR count). The van der Waals surface area contributed by atoms with Crippen LogP contribution >= 0.6 is 0 Å². The lowest BCUT2D eigenvalue weighted by molar-refractivity contribution is 0.0947. The minimum atomic E-state index is -0.0308. The number of benzene rings is 1. The number of hydrogen-bond acceptors (Lipinski definition) is 5. The molecule has 0 bridgehead atoms. The molecule has 0 spiro atoms. The smallest absolute Gasteiger partial charge is 0.251 e. The summed E-state index contributed by atoms with van der Waals surface area (Å²) >= 11 is 0. The molecular formula is C19H28N6O. The number of tetrazole rings is 1. The molecule has 26 heavy (non-hydrogen) atoms. The van der Waals surface area contributed by atoms with Gasteiger partial charge in [0.25, 0.3) is 5.91 Å². The van der Waals surface area contributed by atoms with E-state index >= 15 is 0 Å². The van der Waals surface area contributed by atoms with Crippen LogP contribution in [-0.4, -0.2) is 57.2 Å². The van der Waals surface area contributed by atoms with Crippen molar-refractivity contribution in [3.63, 3.8) is 0 Å². The van der Waals surface area contributed by atoms with Crippen molar-refractivity contribution in [3.05, 3.63) is 35.7 Å². The molecule has 2 heterocycles. The topological polar surface area (TPSA) is 75.9 Å². The molecule has 2 aromatic rings. The highest BCUT2D eigenvalue weighted by Gasteiger charge is 2.21. The minimum absolute atomic E-state index is 0.0308. The first-order chi connectivity index (χ1) is 12.5. The summed E-state index contributed by atoms with van der Waals surface area (Å²) in [5.41, 5.74) is 2.50. The van der Waals surface area contributed by atoms with Crippen molar-refractivity contribution in [1.29, 1.82) is 0 Å². The highest BCUT2D eigenvalue weighted by molar-refractivity contribution is 5.94. The number of rotatable bonds is 6. The Hall–Kier alpha value is -2.28. The average molecular weight is 356 g/mol. The van der Waals surface area contributed by atoms with Crippen LogP contribution in [0.5, 0.6) is 0 Å². The first kappa shape index (κ1) is 18.5. The number of piperidine rings is 1. The van der Waals surface area contributed by atoms with E-state index in [9.17, 15) is 4.79 Å². The number of amides is 1. The van der Waals surface area contributed by atoms with Crippen molar-refractivity contribution in [2.24, 2.45) is 11.8 Å². The zero-order chi connectivity index (χ0) is 18.5. The van der Waals surface area contributed by atoms with Crippen LogP contribution < -0.4 is 5.32 Å². The normalized spacial score (nSPS) is 20.9. The summed E-state index contributed by atoms with van der Waals surface area (Å²) in [6, 6.07) is 5.56. The maximum Gasteiger partial charge on any atom is 0.251 e. The summed E-state index contributed by atoms with van der Waals surface area (Å²) in [6.45, 7) is 10.7. The Morgan fingerprint density at radius 1 is 1.27 bits per heavy atom. The van der Waals surface area contributed by atoms with E-state index < -0.39 is 0 Å². The predicted octanol–water partition coefficient (Wildman–Crippen LogP) is 2.07. The Morgan fingerprint density at radius 2 is 2.04 bits per heavy atom. The van der Waals surface area contributed by atoms with Crippen LogP contribution in [-0.2, 0) is 0 Å². The molecule has 0 aliphatic carbocycles. The molecule has 7 nitrogen and oxygen atoms in total. The van der Waals surface area contributed by atoms with E-state index in [2.05, 4.69) is 39.6 Å². The first-order valence-corrected chi connectivity index (χ1v) is 9.37. The maximum atomic E-state index is 12.4. The number of aryl methyl sites for hydroxylation is 1. The van der Waals surface area contributed by atoms with Gasteiger partial charge in [0, 0.05) is 25.2 Å². The maximum absolute atomic E-state index is 12.4. The molecule has 7 heteroatoms. The summed E-state index contributed by atoms with van der Waals surface area (Å²) in [5, 5.41) is 14.2. The van der Waals surface area contributed by atoms with Gasteiger partial charge in [0.2, 0.25) is 0 Å². The number of likely N-dealkylation sites (tertiary alicyclic amines) is 1. The molecule has 1 aromatic carbocycles. The lowest BCUT2D eigenvalue weighted by Gasteiger charge is -2.34. The highest BCUT2D eigenvalue weighted by Crippen LogP contribution is 2.20. The number of nitrogens with zero attached hydrogens (tertiary/aromatic N) is 5. The summed E-state index contributed by atoms with van der Waals surface area (Å²) < 4.78 is 1.59. The van der Waals surface area contributed by atoms with Crippen molar-refractivity contribution in [3.8, 4) is 5.69 Å². The van der Waals surface area contributed by atoms with Crippen LogP contribution in [0, 0.1) is 18.8 Å². The molecular weight excluding hydrogens is 328 g/mol. The Bertz CT molecular complexity index is 720. The molecule has 1 fully saturated rings. The van der Waals surface area contributed by atoms with Crippen molar-refractivity contribution < 1.29 is 4.79 Å². The fraction of sp³-hybridized carbons (Fsp3) is 0.579. The summed E-state index contributed by atoms with van der Waals surface area (Å²) in [7, 11) is 0. The molecule has 1 saturated heterocycles. The largest absolute Gasteiger partial charge is 0.352 e. The molecule has 1 N–H and O–H groups in total. The first-order valence-electron chi connectivity index (χ1n) is 9.37. The lowest BCUT2D eigenvalue weighted by atomic mass is 9.92. The second kappa shape index (κ2) is 8.40.